The summed E-state index contributed by atoms with van der Waals surface area (Å²) in [4.78, 5) is 8.40. The third-order valence-corrected chi connectivity index (χ3v) is 0. The molecule has 0 N–H and O–H groups in total. The summed E-state index contributed by atoms with van der Waals surface area (Å²) in [6.07, 6.45) is 0. The Labute approximate surface area is 84.7 Å². The smallest absolute Gasteiger partial charge is 0.597 e. The average Bonchev–Trinajstić information content (AvgIpc) is 0.918. The Bertz CT molecular complexity index is 13.5. The Hall–Kier alpha value is 2.11. The topological polar surface area (TPSA) is 40.1 Å². The summed E-state index contributed by atoms with van der Waals surface area (Å²) in [5, 5.41) is 0. The molecule has 0 aromatic rings. The van der Waals surface area contributed by atoms with Gasteiger partial charge in [-0.3, -0.25) is 0 Å². The van der Waals surface area contributed by atoms with Gasteiger partial charge in [0.2, 0.25) is 0 Å². The summed E-state index contributed by atoms with van der Waals surface area (Å²) in [5.74, 6) is 0. The van der Waals surface area contributed by atoms with Crippen molar-refractivity contribution in [2.45, 2.75) is 0 Å². The second-order valence-corrected chi connectivity index (χ2v) is 0.250. The zero-order valence-corrected chi connectivity index (χ0v) is 9.60. The molecule has 0 radical (unpaired) electrons. The van der Waals surface area contributed by atoms with E-state index in [0.29, 0.717) is 0 Å². The van der Waals surface area contributed by atoms with Gasteiger partial charge in [0.05, 0.1) is 0 Å². The third-order valence-electron chi connectivity index (χ3n) is 0. The van der Waals surface area contributed by atoms with Crippen molar-refractivity contribution < 1.29 is 78.4 Å². The molecular weight excluding hydrogens is 196 g/mol. The largest absolute Gasteiger partial charge is 1.00 e. The average molecular weight is 197 g/mol. The molecule has 1 atom stereocenters. The van der Waals surface area contributed by atoms with Crippen molar-refractivity contribution in [2.24, 2.45) is 0 Å². The summed E-state index contributed by atoms with van der Waals surface area (Å²) in [7, 11) is -1.42. The molecule has 0 rings (SSSR count). The van der Waals surface area contributed by atoms with Gasteiger partial charge in [0.1, 0.15) is 0 Å². The second-order valence-electron chi connectivity index (χ2n) is 0.0833. The molecule has 0 aromatic heterocycles. The van der Waals surface area contributed by atoms with Gasteiger partial charge in [-0.25, -0.2) is 0 Å². The van der Waals surface area contributed by atoms with Crippen LogP contribution in [0.4, 0.5) is 0 Å². The van der Waals surface area contributed by atoms with Gasteiger partial charge in [0.25, 0.3) is 8.69 Å². The molecule has 0 saturated carbocycles. The Kier molecular flexibility index (Phi) is 21.1. The SMILES string of the molecule is O=[PH+][O-].[Cs+]. The fraction of sp³-hybridized carbons (Fsp3) is 0. The fourth-order valence-electron chi connectivity index (χ4n) is 0. The normalized spacial score (nSPS) is 5.25. The van der Waals surface area contributed by atoms with Crippen molar-refractivity contribution >= 4 is 8.69 Å². The molecule has 1 unspecified atom stereocenters. The van der Waals surface area contributed by atoms with Crippen LogP contribution in [0.2, 0.25) is 0 Å². The van der Waals surface area contributed by atoms with Crippen molar-refractivity contribution in [1.82, 2.24) is 0 Å². The van der Waals surface area contributed by atoms with E-state index in [1.807, 2.05) is 0 Å². The second kappa shape index (κ2) is 8.93. The van der Waals surface area contributed by atoms with E-state index in [9.17, 15) is 0 Å². The van der Waals surface area contributed by atoms with Crippen LogP contribution < -0.4 is 73.8 Å². The molecule has 0 aromatic carbocycles. The van der Waals surface area contributed by atoms with Crippen molar-refractivity contribution in [3.8, 4) is 0 Å². The molecule has 0 bridgehead atoms. The van der Waals surface area contributed by atoms with Gasteiger partial charge in [-0.15, -0.1) is 0 Å². The van der Waals surface area contributed by atoms with E-state index in [-0.39, 0.29) is 68.9 Å². The molecule has 0 fully saturated rings. The predicted octanol–water partition coefficient (Wildman–Crippen LogP) is -3.71. The third kappa shape index (κ3) is 8.93. The Balaban J connectivity index is 0. The van der Waals surface area contributed by atoms with E-state index >= 15 is 0 Å². The fourth-order valence-corrected chi connectivity index (χ4v) is 0. The monoisotopic (exact) mass is 197 g/mol. The number of rotatable bonds is 0. The summed E-state index contributed by atoms with van der Waals surface area (Å²) in [6, 6.07) is 0. The van der Waals surface area contributed by atoms with Crippen LogP contribution in [-0.2, 0) is 4.57 Å². The van der Waals surface area contributed by atoms with E-state index in [0.717, 1.165) is 0 Å². The molecular formula is HCsO2P+. The number of hydrogen-bond donors (Lipinski definition) is 0. The van der Waals surface area contributed by atoms with Crippen LogP contribution in [0, 0.1) is 0 Å². The van der Waals surface area contributed by atoms with E-state index < -0.39 is 8.69 Å². The van der Waals surface area contributed by atoms with Crippen LogP contribution in [-0.4, -0.2) is 0 Å². The van der Waals surface area contributed by atoms with Crippen molar-refractivity contribution in [2.75, 3.05) is 0 Å². The van der Waals surface area contributed by atoms with Crippen molar-refractivity contribution in [1.29, 1.82) is 0 Å². The zero-order valence-electron chi connectivity index (χ0n) is 2.32. The molecule has 0 aliphatic heterocycles. The summed E-state index contributed by atoms with van der Waals surface area (Å²) >= 11 is 0. The van der Waals surface area contributed by atoms with Gasteiger partial charge in [0.15, 0.2) is 0 Å². The molecule has 2 nitrogen and oxygen atoms in total. The standard InChI is InChI=1S/Cs.HO2P/c;1-3-2/h;3H/q+1;. The first-order valence-electron chi connectivity index (χ1n) is 0.408. The van der Waals surface area contributed by atoms with Gasteiger partial charge >= 0.3 is 68.9 Å². The maximum Gasteiger partial charge on any atom is 1.00 e. The Morgan fingerprint density at radius 2 is 1.75 bits per heavy atom. The van der Waals surface area contributed by atoms with E-state index in [2.05, 4.69) is 0 Å². The first kappa shape index (κ1) is 9.45. The van der Waals surface area contributed by atoms with Gasteiger partial charge in [-0.2, -0.15) is 0 Å². The molecule has 0 amide bonds. The molecule has 0 heterocycles. The first-order valence-corrected chi connectivity index (χ1v) is 1.22. The van der Waals surface area contributed by atoms with E-state index in [1.54, 1.807) is 0 Å². The van der Waals surface area contributed by atoms with Crippen LogP contribution in [0.3, 0.4) is 0 Å². The van der Waals surface area contributed by atoms with Crippen LogP contribution in [0.15, 0.2) is 0 Å². The Morgan fingerprint density at radius 3 is 1.75 bits per heavy atom. The summed E-state index contributed by atoms with van der Waals surface area (Å²) in [6.45, 7) is 0. The minimum Gasteiger partial charge on any atom is -0.597 e. The summed E-state index contributed by atoms with van der Waals surface area (Å²) < 4.78 is 8.40. The molecule has 0 spiro atoms. The quantitative estimate of drug-likeness (QED) is 0.375. The Morgan fingerprint density at radius 1 is 1.75 bits per heavy atom. The molecule has 0 saturated heterocycles. The molecule has 4 heteroatoms. The zero-order chi connectivity index (χ0) is 2.71. The molecule has 4 heavy (non-hydrogen) atoms. The van der Waals surface area contributed by atoms with Crippen LogP contribution in [0.25, 0.3) is 0 Å². The van der Waals surface area contributed by atoms with E-state index in [1.165, 1.54) is 0 Å². The molecule has 18 valence electrons. The maximum atomic E-state index is 8.40. The van der Waals surface area contributed by atoms with Crippen LogP contribution >= 0.6 is 8.69 Å². The van der Waals surface area contributed by atoms with Crippen LogP contribution in [0.5, 0.6) is 0 Å². The van der Waals surface area contributed by atoms with Crippen molar-refractivity contribution in [3.05, 3.63) is 0 Å². The van der Waals surface area contributed by atoms with Gasteiger partial charge < -0.3 is 4.89 Å². The van der Waals surface area contributed by atoms with Crippen molar-refractivity contribution in [3.63, 3.8) is 0 Å². The van der Waals surface area contributed by atoms with E-state index in [4.69, 9.17) is 9.46 Å². The first-order chi connectivity index (χ1) is 1.41. The molecule has 0 aliphatic carbocycles. The van der Waals surface area contributed by atoms with Gasteiger partial charge in [-0.1, -0.05) is 4.57 Å². The minimum absolute atomic E-state index is 0. The van der Waals surface area contributed by atoms with Gasteiger partial charge in [0, 0.05) is 0 Å². The minimum atomic E-state index is -1.42. The maximum absolute atomic E-state index is 8.40. The summed E-state index contributed by atoms with van der Waals surface area (Å²) in [5.41, 5.74) is 0. The van der Waals surface area contributed by atoms with Crippen LogP contribution in [0.1, 0.15) is 0 Å². The molecule has 0 aliphatic rings. The predicted molar refractivity (Wildman–Crippen MR) is 9.00 cm³/mol. The number of hydrogen-bond acceptors (Lipinski definition) is 2. The van der Waals surface area contributed by atoms with Gasteiger partial charge in [-0.05, 0) is 0 Å².